The summed E-state index contributed by atoms with van der Waals surface area (Å²) in [5.74, 6) is -0.680. The molecule has 3 aromatic rings. The normalized spacial score (nSPS) is 12.3. The molecule has 0 fully saturated rings. The molecule has 34 heavy (non-hydrogen) atoms. The van der Waals surface area contributed by atoms with Crippen LogP contribution in [0.3, 0.4) is 0 Å². The molecule has 9 nitrogen and oxygen atoms in total. The molecule has 1 amide bonds. The quantitative estimate of drug-likeness (QED) is 0.345. The number of allylic oxidation sites excluding steroid dienone is 1. The molecule has 0 bridgehead atoms. The van der Waals surface area contributed by atoms with Crippen molar-refractivity contribution in [2.24, 2.45) is 5.73 Å². The Morgan fingerprint density at radius 2 is 1.85 bits per heavy atom. The molecule has 0 spiro atoms. The van der Waals surface area contributed by atoms with Crippen molar-refractivity contribution in [2.45, 2.75) is 26.4 Å². The van der Waals surface area contributed by atoms with Gasteiger partial charge in [0.25, 0.3) is 5.56 Å². The van der Waals surface area contributed by atoms with Crippen molar-refractivity contribution < 1.29 is 9.59 Å². The van der Waals surface area contributed by atoms with Gasteiger partial charge in [0.05, 0.1) is 17.6 Å². The molecule has 4 N–H and O–H groups in total. The van der Waals surface area contributed by atoms with E-state index in [1.165, 1.54) is 36.2 Å². The van der Waals surface area contributed by atoms with E-state index < -0.39 is 6.04 Å². The standard InChI is InChI=1S/C25H28N6O3/c1-15-24(22(32)11-20(26)18-7-5-17(6-8-18)12-27-3)30-21(13-29-15)19-9-10-23(33)31(14-19)16(2)25(34)28-4/h5-11,13-14,16,27H,12,26H2,1-4H3,(H,28,34). The third-order valence-corrected chi connectivity index (χ3v) is 5.42. The summed E-state index contributed by atoms with van der Waals surface area (Å²) in [6, 6.07) is 9.83. The molecule has 0 aliphatic heterocycles. The highest BCUT2D eigenvalue weighted by atomic mass is 16.2. The molecular weight excluding hydrogens is 432 g/mol. The zero-order chi connectivity index (χ0) is 24.8. The van der Waals surface area contributed by atoms with E-state index in [0.717, 1.165) is 17.7 Å². The number of nitrogens with one attached hydrogen (secondary N) is 2. The Balaban J connectivity index is 1.93. The number of hydrogen-bond donors (Lipinski definition) is 3. The maximum absolute atomic E-state index is 13.0. The summed E-state index contributed by atoms with van der Waals surface area (Å²) in [4.78, 5) is 46.1. The van der Waals surface area contributed by atoms with Crippen molar-refractivity contribution in [2.75, 3.05) is 14.1 Å². The molecule has 2 heterocycles. The van der Waals surface area contributed by atoms with Crippen molar-refractivity contribution in [1.82, 2.24) is 25.2 Å². The molecule has 176 valence electrons. The fraction of sp³-hybridized carbons (Fsp3) is 0.240. The summed E-state index contributed by atoms with van der Waals surface area (Å²) in [6.07, 6.45) is 4.39. The second-order valence-corrected chi connectivity index (χ2v) is 7.83. The summed E-state index contributed by atoms with van der Waals surface area (Å²) < 4.78 is 1.31. The summed E-state index contributed by atoms with van der Waals surface area (Å²) >= 11 is 0. The fourth-order valence-corrected chi connectivity index (χ4v) is 3.43. The first kappa shape index (κ1) is 24.5. The van der Waals surface area contributed by atoms with Gasteiger partial charge in [0.2, 0.25) is 11.7 Å². The number of aryl methyl sites for hydroxylation is 1. The van der Waals surface area contributed by atoms with Crippen LogP contribution in [-0.2, 0) is 11.3 Å². The minimum atomic E-state index is -0.709. The number of amides is 1. The van der Waals surface area contributed by atoms with Crippen LogP contribution in [0.5, 0.6) is 0 Å². The molecule has 1 atom stereocenters. The first-order valence-electron chi connectivity index (χ1n) is 10.8. The lowest BCUT2D eigenvalue weighted by molar-refractivity contribution is -0.123. The summed E-state index contributed by atoms with van der Waals surface area (Å²) in [7, 11) is 3.38. The van der Waals surface area contributed by atoms with Crippen LogP contribution in [0.15, 0.2) is 59.7 Å². The van der Waals surface area contributed by atoms with Crippen molar-refractivity contribution in [3.63, 3.8) is 0 Å². The molecule has 2 aromatic heterocycles. The Morgan fingerprint density at radius 1 is 1.15 bits per heavy atom. The number of carbonyl (C=O) groups excluding carboxylic acids is 2. The maximum Gasteiger partial charge on any atom is 0.251 e. The molecule has 3 rings (SSSR count). The van der Waals surface area contributed by atoms with E-state index in [0.29, 0.717) is 22.6 Å². The molecule has 1 aromatic carbocycles. The van der Waals surface area contributed by atoms with E-state index in [9.17, 15) is 14.4 Å². The van der Waals surface area contributed by atoms with Gasteiger partial charge in [0.1, 0.15) is 11.7 Å². The highest BCUT2D eigenvalue weighted by Crippen LogP contribution is 2.19. The van der Waals surface area contributed by atoms with Crippen LogP contribution in [0.2, 0.25) is 0 Å². The number of likely N-dealkylation sites (N-methyl/N-ethyl adjacent to an activating group) is 1. The molecule has 0 saturated heterocycles. The second kappa shape index (κ2) is 10.7. The number of nitrogens with two attached hydrogens (primary N) is 1. The first-order chi connectivity index (χ1) is 16.2. The van der Waals surface area contributed by atoms with Gasteiger partial charge in [-0.2, -0.15) is 0 Å². The minimum Gasteiger partial charge on any atom is -0.398 e. The number of nitrogens with zero attached hydrogens (tertiary/aromatic N) is 3. The number of pyridine rings is 1. The average molecular weight is 461 g/mol. The van der Waals surface area contributed by atoms with Crippen LogP contribution in [0.4, 0.5) is 0 Å². The van der Waals surface area contributed by atoms with Gasteiger partial charge in [-0.15, -0.1) is 0 Å². The van der Waals surface area contributed by atoms with Gasteiger partial charge < -0.3 is 20.9 Å². The third-order valence-electron chi connectivity index (χ3n) is 5.42. The monoisotopic (exact) mass is 460 g/mol. The van der Waals surface area contributed by atoms with Gasteiger partial charge in [-0.05, 0) is 38.1 Å². The lowest BCUT2D eigenvalue weighted by Gasteiger charge is -2.15. The lowest BCUT2D eigenvalue weighted by atomic mass is 10.1. The predicted octanol–water partition coefficient (Wildman–Crippen LogP) is 1.82. The first-order valence-corrected chi connectivity index (χ1v) is 10.8. The van der Waals surface area contributed by atoms with Gasteiger partial charge >= 0.3 is 0 Å². The molecule has 0 aliphatic rings. The second-order valence-electron chi connectivity index (χ2n) is 7.83. The van der Waals surface area contributed by atoms with Crippen LogP contribution >= 0.6 is 0 Å². The summed E-state index contributed by atoms with van der Waals surface area (Å²) in [5, 5.41) is 5.61. The summed E-state index contributed by atoms with van der Waals surface area (Å²) in [6.45, 7) is 4.05. The van der Waals surface area contributed by atoms with E-state index in [-0.39, 0.29) is 22.9 Å². The van der Waals surface area contributed by atoms with Crippen molar-refractivity contribution in [1.29, 1.82) is 0 Å². The highest BCUT2D eigenvalue weighted by molar-refractivity contribution is 6.07. The van der Waals surface area contributed by atoms with Crippen molar-refractivity contribution in [3.05, 3.63) is 87.7 Å². The number of hydrogen-bond acceptors (Lipinski definition) is 7. The molecule has 0 saturated carbocycles. The SMILES string of the molecule is CNCc1ccc(C(N)=CC(=O)c2nc(-c3ccc(=O)n(C(C)C(=O)NC)c3)cnc2C)cc1. The van der Waals surface area contributed by atoms with E-state index in [1.807, 2.05) is 31.3 Å². The fourth-order valence-electron chi connectivity index (χ4n) is 3.43. The number of rotatable bonds is 8. The van der Waals surface area contributed by atoms with Crippen LogP contribution in [0.1, 0.15) is 40.3 Å². The molecule has 9 heteroatoms. The predicted molar refractivity (Wildman–Crippen MR) is 131 cm³/mol. The van der Waals surface area contributed by atoms with E-state index >= 15 is 0 Å². The molecule has 0 aliphatic carbocycles. The number of benzene rings is 1. The Labute approximate surface area is 197 Å². The Bertz CT molecular complexity index is 1290. The number of aromatic nitrogens is 3. The topological polar surface area (TPSA) is 132 Å². The van der Waals surface area contributed by atoms with Crippen LogP contribution < -0.4 is 21.9 Å². The van der Waals surface area contributed by atoms with Crippen molar-refractivity contribution >= 4 is 17.4 Å². The smallest absolute Gasteiger partial charge is 0.251 e. The van der Waals surface area contributed by atoms with Gasteiger partial charge in [-0.1, -0.05) is 24.3 Å². The zero-order valence-corrected chi connectivity index (χ0v) is 19.6. The Morgan fingerprint density at radius 3 is 2.50 bits per heavy atom. The Kier molecular flexibility index (Phi) is 7.70. The molecule has 1 unspecified atom stereocenters. The lowest BCUT2D eigenvalue weighted by Crippen LogP contribution is -2.33. The Hall–Kier alpha value is -4.11. The number of ketones is 1. The largest absolute Gasteiger partial charge is 0.398 e. The van der Waals surface area contributed by atoms with E-state index in [4.69, 9.17) is 5.73 Å². The third kappa shape index (κ3) is 5.44. The minimum absolute atomic E-state index is 0.157. The highest BCUT2D eigenvalue weighted by Gasteiger charge is 2.17. The molecular formula is C25H28N6O3. The van der Waals surface area contributed by atoms with Gasteiger partial charge in [0.15, 0.2) is 0 Å². The van der Waals surface area contributed by atoms with Crippen LogP contribution in [-0.4, -0.2) is 40.3 Å². The van der Waals surface area contributed by atoms with Crippen molar-refractivity contribution in [3.8, 4) is 11.3 Å². The maximum atomic E-state index is 13.0. The van der Waals surface area contributed by atoms with Crippen LogP contribution in [0.25, 0.3) is 17.0 Å². The average Bonchev–Trinajstić information content (AvgIpc) is 2.84. The summed E-state index contributed by atoms with van der Waals surface area (Å²) in [5.41, 5.74) is 9.55. The van der Waals surface area contributed by atoms with Crippen LogP contribution in [0, 0.1) is 6.92 Å². The van der Waals surface area contributed by atoms with Gasteiger partial charge in [-0.25, -0.2) is 4.98 Å². The van der Waals surface area contributed by atoms with Gasteiger partial charge in [0, 0.05) is 43.2 Å². The van der Waals surface area contributed by atoms with E-state index in [1.54, 1.807) is 19.9 Å². The number of carbonyl (C=O) groups is 2. The van der Waals surface area contributed by atoms with E-state index in [2.05, 4.69) is 20.6 Å². The zero-order valence-electron chi connectivity index (χ0n) is 19.6. The van der Waals surface area contributed by atoms with Gasteiger partial charge in [-0.3, -0.25) is 19.4 Å². The molecule has 0 radical (unpaired) electrons.